The molecular weight excluding hydrogens is 174 g/mol. The zero-order valence-corrected chi connectivity index (χ0v) is 7.16. The average Bonchev–Trinajstić information content (AvgIpc) is 2.15. The van der Waals surface area contributed by atoms with Gasteiger partial charge in [-0.25, -0.2) is 0 Å². The van der Waals surface area contributed by atoms with E-state index in [1.807, 2.05) is 18.2 Å². The molecule has 0 amide bonds. The Bertz CT molecular complexity index is 279. The first-order chi connectivity index (χ1) is 5.86. The topological polar surface area (TPSA) is 30.0 Å². The van der Waals surface area contributed by atoms with Crippen molar-refractivity contribution in [1.82, 2.24) is 4.98 Å². The molecule has 0 saturated carbocycles. The number of rotatable bonds is 3. The van der Waals surface area contributed by atoms with Gasteiger partial charge in [0.05, 0.1) is 0 Å². The minimum Gasteiger partial charge on any atom is -0.296 e. The quantitative estimate of drug-likeness (QED) is 0.528. The number of aromatic nitrogens is 1. The average molecular weight is 182 g/mol. The van der Waals surface area contributed by atoms with Crippen molar-refractivity contribution in [3.05, 3.63) is 35.7 Å². The zero-order valence-electron chi connectivity index (χ0n) is 6.40. The Morgan fingerprint density at radius 1 is 1.50 bits per heavy atom. The number of hydrogen-bond acceptors (Lipinski definition) is 2. The van der Waals surface area contributed by atoms with Gasteiger partial charge < -0.3 is 0 Å². The van der Waals surface area contributed by atoms with Crippen LogP contribution in [0.5, 0.6) is 0 Å². The van der Waals surface area contributed by atoms with Crippen molar-refractivity contribution >= 4 is 24.0 Å². The summed E-state index contributed by atoms with van der Waals surface area (Å²) in [6.07, 6.45) is 6.02. The summed E-state index contributed by atoms with van der Waals surface area (Å²) in [6, 6.07) is 3.49. The van der Waals surface area contributed by atoms with Crippen LogP contribution < -0.4 is 0 Å². The van der Waals surface area contributed by atoms with E-state index in [0.717, 1.165) is 11.8 Å². The summed E-state index contributed by atoms with van der Waals surface area (Å²) in [5, 5.41) is 0. The fraction of sp³-hybridized carbons (Fsp3) is 0.111. The van der Waals surface area contributed by atoms with Crippen molar-refractivity contribution in [2.45, 2.75) is 0 Å². The lowest BCUT2D eigenvalue weighted by Crippen LogP contribution is -1.85. The van der Waals surface area contributed by atoms with Crippen molar-refractivity contribution in [2.75, 3.05) is 5.88 Å². The number of aldehydes is 1. The van der Waals surface area contributed by atoms with Gasteiger partial charge in [-0.05, 0) is 11.6 Å². The predicted molar refractivity (Wildman–Crippen MR) is 49.4 cm³/mol. The molecule has 3 heteroatoms. The van der Waals surface area contributed by atoms with Crippen molar-refractivity contribution in [3.8, 4) is 0 Å². The van der Waals surface area contributed by atoms with E-state index in [1.165, 1.54) is 0 Å². The second-order valence-electron chi connectivity index (χ2n) is 2.19. The summed E-state index contributed by atoms with van der Waals surface area (Å²) in [6.45, 7) is 0. The fourth-order valence-electron chi connectivity index (χ4n) is 0.766. The van der Waals surface area contributed by atoms with Crippen LogP contribution in [0.15, 0.2) is 24.4 Å². The lowest BCUT2D eigenvalue weighted by molar-refractivity contribution is 0.111. The molecular formula is C9H8ClNO. The molecule has 0 fully saturated rings. The first-order valence-electron chi connectivity index (χ1n) is 3.50. The molecule has 0 spiro atoms. The smallest absolute Gasteiger partial charge is 0.168 e. The van der Waals surface area contributed by atoms with Gasteiger partial charge in [0.15, 0.2) is 6.29 Å². The number of allylic oxidation sites excluding steroid dienone is 1. The molecule has 12 heavy (non-hydrogen) atoms. The van der Waals surface area contributed by atoms with Crippen LogP contribution in [-0.2, 0) is 0 Å². The van der Waals surface area contributed by atoms with E-state index in [1.54, 1.807) is 12.3 Å². The first kappa shape index (κ1) is 8.94. The Labute approximate surface area is 75.9 Å². The highest BCUT2D eigenvalue weighted by molar-refractivity contribution is 6.19. The predicted octanol–water partition coefficient (Wildman–Crippen LogP) is 2.15. The summed E-state index contributed by atoms with van der Waals surface area (Å²) in [5.74, 6) is 0.482. The van der Waals surface area contributed by atoms with Gasteiger partial charge in [0, 0.05) is 12.1 Å². The lowest BCUT2D eigenvalue weighted by atomic mass is 10.2. The molecule has 0 saturated heterocycles. The maximum Gasteiger partial charge on any atom is 0.168 e. The van der Waals surface area contributed by atoms with Gasteiger partial charge >= 0.3 is 0 Å². The molecule has 0 radical (unpaired) electrons. The summed E-state index contributed by atoms with van der Waals surface area (Å²) < 4.78 is 0. The molecule has 1 aromatic heterocycles. The van der Waals surface area contributed by atoms with Crippen molar-refractivity contribution in [3.63, 3.8) is 0 Å². The Balaban J connectivity index is 2.77. The standard InChI is InChI=1S/C9H8ClNO/c10-5-1-2-8-3-4-9(7-12)11-6-8/h1-4,6-7H,5H2. The number of alkyl halides is 1. The van der Waals surface area contributed by atoms with E-state index in [-0.39, 0.29) is 0 Å². The van der Waals surface area contributed by atoms with Crippen LogP contribution in [0.2, 0.25) is 0 Å². The summed E-state index contributed by atoms with van der Waals surface area (Å²) in [4.78, 5) is 14.1. The number of hydrogen-bond donors (Lipinski definition) is 0. The maximum absolute atomic E-state index is 10.2. The number of carbonyl (C=O) groups excluding carboxylic acids is 1. The maximum atomic E-state index is 10.2. The molecule has 0 aliphatic carbocycles. The van der Waals surface area contributed by atoms with Crippen LogP contribution in [0, 0.1) is 0 Å². The monoisotopic (exact) mass is 181 g/mol. The minimum atomic E-state index is 0.443. The summed E-state index contributed by atoms with van der Waals surface area (Å²) >= 11 is 5.45. The van der Waals surface area contributed by atoms with E-state index in [4.69, 9.17) is 11.6 Å². The van der Waals surface area contributed by atoms with Crippen molar-refractivity contribution in [1.29, 1.82) is 0 Å². The number of pyridine rings is 1. The molecule has 1 aromatic rings. The van der Waals surface area contributed by atoms with Crippen molar-refractivity contribution in [2.24, 2.45) is 0 Å². The molecule has 2 nitrogen and oxygen atoms in total. The van der Waals surface area contributed by atoms with Gasteiger partial charge in [-0.2, -0.15) is 0 Å². The van der Waals surface area contributed by atoms with Crippen molar-refractivity contribution < 1.29 is 4.79 Å². The van der Waals surface area contributed by atoms with Gasteiger partial charge in [-0.1, -0.05) is 18.2 Å². The van der Waals surface area contributed by atoms with Crippen LogP contribution in [0.3, 0.4) is 0 Å². The third-order valence-electron chi connectivity index (χ3n) is 1.33. The van der Waals surface area contributed by atoms with Crippen LogP contribution in [0.1, 0.15) is 16.1 Å². The molecule has 0 aliphatic heterocycles. The molecule has 1 rings (SSSR count). The summed E-state index contributed by atoms with van der Waals surface area (Å²) in [7, 11) is 0. The second-order valence-corrected chi connectivity index (χ2v) is 2.50. The van der Waals surface area contributed by atoms with Gasteiger partial charge in [-0.15, -0.1) is 11.6 Å². The highest BCUT2D eigenvalue weighted by atomic mass is 35.5. The molecule has 0 bridgehead atoms. The first-order valence-corrected chi connectivity index (χ1v) is 4.04. The van der Waals surface area contributed by atoms with Crippen LogP contribution in [-0.4, -0.2) is 17.2 Å². The normalized spacial score (nSPS) is 10.4. The SMILES string of the molecule is O=Cc1ccc(C=CCCl)cn1. The molecule has 0 aliphatic rings. The largest absolute Gasteiger partial charge is 0.296 e. The van der Waals surface area contributed by atoms with E-state index in [9.17, 15) is 4.79 Å². The Morgan fingerprint density at radius 2 is 2.33 bits per heavy atom. The minimum absolute atomic E-state index is 0.443. The highest BCUT2D eigenvalue weighted by Gasteiger charge is 1.89. The van der Waals surface area contributed by atoms with Gasteiger partial charge in [0.25, 0.3) is 0 Å². The van der Waals surface area contributed by atoms with Crippen LogP contribution >= 0.6 is 11.6 Å². The van der Waals surface area contributed by atoms with E-state index in [0.29, 0.717) is 11.6 Å². The molecule has 0 aromatic carbocycles. The van der Waals surface area contributed by atoms with Gasteiger partial charge in [0.1, 0.15) is 5.69 Å². The zero-order chi connectivity index (χ0) is 8.81. The van der Waals surface area contributed by atoms with E-state index >= 15 is 0 Å². The molecule has 0 N–H and O–H groups in total. The van der Waals surface area contributed by atoms with E-state index < -0.39 is 0 Å². The molecule has 62 valence electrons. The van der Waals surface area contributed by atoms with Crippen LogP contribution in [0.4, 0.5) is 0 Å². The number of carbonyl (C=O) groups is 1. The molecule has 0 atom stereocenters. The van der Waals surface area contributed by atoms with E-state index in [2.05, 4.69) is 4.98 Å². The Kier molecular flexibility index (Phi) is 3.48. The Hall–Kier alpha value is -1.15. The highest BCUT2D eigenvalue weighted by Crippen LogP contribution is 2.01. The lowest BCUT2D eigenvalue weighted by Gasteiger charge is -1.91. The fourth-order valence-corrected chi connectivity index (χ4v) is 0.855. The van der Waals surface area contributed by atoms with Crippen LogP contribution in [0.25, 0.3) is 6.08 Å². The number of nitrogens with zero attached hydrogens (tertiary/aromatic N) is 1. The Morgan fingerprint density at radius 3 is 2.83 bits per heavy atom. The molecule has 0 unspecified atom stereocenters. The van der Waals surface area contributed by atoms with Gasteiger partial charge in [-0.3, -0.25) is 9.78 Å². The van der Waals surface area contributed by atoms with Gasteiger partial charge in [0.2, 0.25) is 0 Å². The third kappa shape index (κ3) is 2.47. The second kappa shape index (κ2) is 4.67. The molecule has 1 heterocycles. The third-order valence-corrected chi connectivity index (χ3v) is 1.51. The number of halogens is 1. The summed E-state index contributed by atoms with van der Waals surface area (Å²) in [5.41, 5.74) is 1.39.